The summed E-state index contributed by atoms with van der Waals surface area (Å²) in [6, 6.07) is 6.68. The normalized spacial score (nSPS) is 22.7. The minimum atomic E-state index is 0.726. The Morgan fingerprint density at radius 3 is 2.96 bits per heavy atom. The number of hydrogen-bond acceptors (Lipinski definition) is 5. The first kappa shape index (κ1) is 16.2. The SMILES string of the molecule is C[C@H]1CCC(c2ccc3sc(CCN4CCOCC4)nc3c2)=NC1. The first-order chi connectivity index (χ1) is 11.8. The first-order valence-electron chi connectivity index (χ1n) is 9.01. The molecule has 0 bridgehead atoms. The van der Waals surface area contributed by atoms with Gasteiger partial charge in [-0.15, -0.1) is 11.3 Å². The van der Waals surface area contributed by atoms with Gasteiger partial charge in [-0.1, -0.05) is 13.0 Å². The maximum atomic E-state index is 5.41. The Kier molecular flexibility index (Phi) is 4.92. The summed E-state index contributed by atoms with van der Waals surface area (Å²) in [7, 11) is 0. The zero-order valence-corrected chi connectivity index (χ0v) is 15.1. The van der Waals surface area contributed by atoms with Gasteiger partial charge in [0.2, 0.25) is 0 Å². The summed E-state index contributed by atoms with van der Waals surface area (Å²) in [4.78, 5) is 12.1. The van der Waals surface area contributed by atoms with E-state index in [-0.39, 0.29) is 0 Å². The molecule has 0 radical (unpaired) electrons. The molecule has 3 heterocycles. The van der Waals surface area contributed by atoms with Crippen LogP contribution in [0.2, 0.25) is 0 Å². The van der Waals surface area contributed by atoms with Gasteiger partial charge in [0.05, 0.1) is 28.4 Å². The van der Waals surface area contributed by atoms with Crippen molar-refractivity contribution in [1.82, 2.24) is 9.88 Å². The van der Waals surface area contributed by atoms with Crippen LogP contribution in [0.1, 0.15) is 30.3 Å². The molecule has 5 heteroatoms. The number of aromatic nitrogens is 1. The van der Waals surface area contributed by atoms with Gasteiger partial charge in [0, 0.05) is 38.3 Å². The van der Waals surface area contributed by atoms with Gasteiger partial charge >= 0.3 is 0 Å². The number of ether oxygens (including phenoxy) is 1. The summed E-state index contributed by atoms with van der Waals surface area (Å²) in [6.07, 6.45) is 3.38. The number of thiazole rings is 1. The maximum absolute atomic E-state index is 5.41. The molecule has 2 aromatic rings. The number of aliphatic imine (C=N–C) groups is 1. The molecule has 0 unspecified atom stereocenters. The fourth-order valence-electron chi connectivity index (χ4n) is 3.40. The molecule has 128 valence electrons. The van der Waals surface area contributed by atoms with Crippen molar-refractivity contribution in [2.24, 2.45) is 10.9 Å². The third-order valence-corrected chi connectivity index (χ3v) is 6.07. The first-order valence-corrected chi connectivity index (χ1v) is 9.83. The van der Waals surface area contributed by atoms with Gasteiger partial charge in [0.1, 0.15) is 0 Å². The number of rotatable bonds is 4. The molecule has 0 N–H and O–H groups in total. The Morgan fingerprint density at radius 1 is 1.29 bits per heavy atom. The predicted molar refractivity (Wildman–Crippen MR) is 100 cm³/mol. The van der Waals surface area contributed by atoms with Crippen LogP contribution in [0.4, 0.5) is 0 Å². The average Bonchev–Trinajstić information content (AvgIpc) is 3.03. The highest BCUT2D eigenvalue weighted by Crippen LogP contribution is 2.26. The number of nitrogens with zero attached hydrogens (tertiary/aromatic N) is 3. The minimum Gasteiger partial charge on any atom is -0.379 e. The lowest BCUT2D eigenvalue weighted by molar-refractivity contribution is 0.0384. The number of benzene rings is 1. The van der Waals surface area contributed by atoms with Gasteiger partial charge in [-0.25, -0.2) is 4.98 Å². The van der Waals surface area contributed by atoms with E-state index in [1.165, 1.54) is 27.4 Å². The molecule has 24 heavy (non-hydrogen) atoms. The van der Waals surface area contributed by atoms with Crippen molar-refractivity contribution in [1.29, 1.82) is 0 Å². The molecular formula is C19H25N3OS. The Labute approximate surface area is 147 Å². The zero-order valence-electron chi connectivity index (χ0n) is 14.3. The summed E-state index contributed by atoms with van der Waals surface area (Å²) in [5.74, 6) is 0.726. The molecule has 0 spiro atoms. The van der Waals surface area contributed by atoms with E-state index in [1.54, 1.807) is 0 Å². The van der Waals surface area contributed by atoms with Gasteiger partial charge in [-0.05, 0) is 36.5 Å². The predicted octanol–water partition coefficient (Wildman–Crippen LogP) is 3.39. The molecule has 0 amide bonds. The summed E-state index contributed by atoms with van der Waals surface area (Å²) in [5.41, 5.74) is 3.66. The van der Waals surface area contributed by atoms with Gasteiger partial charge < -0.3 is 4.74 Å². The fourth-order valence-corrected chi connectivity index (χ4v) is 4.33. The van der Waals surface area contributed by atoms with Crippen molar-refractivity contribution in [3.05, 3.63) is 28.8 Å². The quantitative estimate of drug-likeness (QED) is 0.854. The molecule has 2 aliphatic rings. The largest absolute Gasteiger partial charge is 0.379 e. The van der Waals surface area contributed by atoms with Crippen molar-refractivity contribution in [2.75, 3.05) is 39.4 Å². The molecular weight excluding hydrogens is 318 g/mol. The van der Waals surface area contributed by atoms with Gasteiger partial charge in [0.15, 0.2) is 0 Å². The molecule has 1 aromatic carbocycles. The van der Waals surface area contributed by atoms with Gasteiger partial charge in [-0.2, -0.15) is 0 Å². The van der Waals surface area contributed by atoms with Crippen LogP contribution in [0.15, 0.2) is 23.2 Å². The second-order valence-corrected chi connectivity index (χ2v) is 8.04. The third kappa shape index (κ3) is 3.68. The summed E-state index contributed by atoms with van der Waals surface area (Å²) in [6.45, 7) is 8.16. The summed E-state index contributed by atoms with van der Waals surface area (Å²) in [5, 5.41) is 1.24. The second-order valence-electron chi connectivity index (χ2n) is 6.93. The Balaban J connectivity index is 1.46. The lowest BCUT2D eigenvalue weighted by atomic mass is 9.96. The van der Waals surface area contributed by atoms with E-state index in [4.69, 9.17) is 14.7 Å². The van der Waals surface area contributed by atoms with E-state index in [0.717, 1.165) is 63.7 Å². The average molecular weight is 343 g/mol. The van der Waals surface area contributed by atoms with Crippen LogP contribution in [0.5, 0.6) is 0 Å². The molecule has 4 rings (SSSR count). The Morgan fingerprint density at radius 2 is 2.17 bits per heavy atom. The van der Waals surface area contributed by atoms with Crippen molar-refractivity contribution in [2.45, 2.75) is 26.2 Å². The lowest BCUT2D eigenvalue weighted by Gasteiger charge is -2.25. The van der Waals surface area contributed by atoms with Crippen LogP contribution < -0.4 is 0 Å². The summed E-state index contributed by atoms with van der Waals surface area (Å²) < 4.78 is 6.70. The van der Waals surface area contributed by atoms with Crippen LogP contribution in [0.3, 0.4) is 0 Å². The van der Waals surface area contributed by atoms with Crippen molar-refractivity contribution in [3.8, 4) is 0 Å². The van der Waals surface area contributed by atoms with Crippen molar-refractivity contribution >= 4 is 27.3 Å². The van der Waals surface area contributed by atoms with Crippen LogP contribution in [-0.2, 0) is 11.2 Å². The monoisotopic (exact) mass is 343 g/mol. The van der Waals surface area contributed by atoms with Crippen LogP contribution >= 0.6 is 11.3 Å². The molecule has 2 aliphatic heterocycles. The van der Waals surface area contributed by atoms with Crippen LogP contribution in [-0.4, -0.2) is 55.0 Å². The van der Waals surface area contributed by atoms with E-state index in [0.29, 0.717) is 0 Å². The number of fused-ring (bicyclic) bond motifs is 1. The lowest BCUT2D eigenvalue weighted by Crippen LogP contribution is -2.37. The van der Waals surface area contributed by atoms with E-state index >= 15 is 0 Å². The molecule has 1 aromatic heterocycles. The van der Waals surface area contributed by atoms with Gasteiger partial charge in [-0.3, -0.25) is 9.89 Å². The second kappa shape index (κ2) is 7.30. The standard InChI is InChI=1S/C19H25N3OS/c1-14-2-4-16(20-13-14)15-3-5-18-17(12-15)21-19(24-18)6-7-22-8-10-23-11-9-22/h3,5,12,14H,2,4,6-11,13H2,1H3/t14-/m0/s1. The molecule has 1 atom stereocenters. The van der Waals surface area contributed by atoms with Crippen LogP contribution in [0, 0.1) is 5.92 Å². The maximum Gasteiger partial charge on any atom is 0.0951 e. The summed E-state index contributed by atoms with van der Waals surface area (Å²) >= 11 is 1.83. The number of hydrogen-bond donors (Lipinski definition) is 0. The van der Waals surface area contributed by atoms with Crippen molar-refractivity contribution in [3.63, 3.8) is 0 Å². The molecule has 1 fully saturated rings. The van der Waals surface area contributed by atoms with E-state index in [1.807, 2.05) is 11.3 Å². The zero-order chi connectivity index (χ0) is 16.4. The molecule has 4 nitrogen and oxygen atoms in total. The van der Waals surface area contributed by atoms with Gasteiger partial charge in [0.25, 0.3) is 0 Å². The smallest absolute Gasteiger partial charge is 0.0951 e. The van der Waals surface area contributed by atoms with E-state index in [2.05, 4.69) is 30.0 Å². The molecule has 0 saturated carbocycles. The highest BCUT2D eigenvalue weighted by molar-refractivity contribution is 7.18. The van der Waals surface area contributed by atoms with E-state index in [9.17, 15) is 0 Å². The highest BCUT2D eigenvalue weighted by Gasteiger charge is 2.15. The Hall–Kier alpha value is -1.30. The Bertz CT molecular complexity index is 733. The molecule has 1 saturated heterocycles. The fraction of sp³-hybridized carbons (Fsp3) is 0.579. The molecule has 0 aliphatic carbocycles. The topological polar surface area (TPSA) is 37.7 Å². The highest BCUT2D eigenvalue weighted by atomic mass is 32.1. The number of morpholine rings is 1. The van der Waals surface area contributed by atoms with E-state index < -0.39 is 0 Å². The van der Waals surface area contributed by atoms with Crippen molar-refractivity contribution < 1.29 is 4.74 Å². The third-order valence-electron chi connectivity index (χ3n) is 4.98. The van der Waals surface area contributed by atoms with Crippen LogP contribution in [0.25, 0.3) is 10.2 Å². The minimum absolute atomic E-state index is 0.726.